The largest absolute Gasteiger partial charge is 0.480 e. The van der Waals surface area contributed by atoms with Crippen LogP contribution in [0.25, 0.3) is 0 Å². The van der Waals surface area contributed by atoms with Gasteiger partial charge in [-0.15, -0.1) is 0 Å². The summed E-state index contributed by atoms with van der Waals surface area (Å²) in [6.45, 7) is 4.07. The van der Waals surface area contributed by atoms with E-state index in [1.165, 1.54) is 0 Å². The van der Waals surface area contributed by atoms with Crippen LogP contribution in [0.2, 0.25) is 0 Å². The first-order chi connectivity index (χ1) is 9.61. The number of piperidine rings is 1. The first kappa shape index (κ1) is 15.1. The van der Waals surface area contributed by atoms with Gasteiger partial charge in [0.25, 0.3) is 0 Å². The van der Waals surface area contributed by atoms with Crippen LogP contribution in [0.4, 0.5) is 4.79 Å². The minimum atomic E-state index is -0.939. The Morgan fingerprint density at radius 3 is 2.50 bits per heavy atom. The number of carboxylic acids is 1. The fourth-order valence-electron chi connectivity index (χ4n) is 3.10. The van der Waals surface area contributed by atoms with Gasteiger partial charge in [0.2, 0.25) is 0 Å². The van der Waals surface area contributed by atoms with Gasteiger partial charge in [-0.3, -0.25) is 0 Å². The number of rotatable bonds is 4. The van der Waals surface area contributed by atoms with E-state index in [2.05, 4.69) is 6.92 Å². The van der Waals surface area contributed by atoms with Gasteiger partial charge in [-0.25, -0.2) is 9.59 Å². The summed E-state index contributed by atoms with van der Waals surface area (Å²) >= 11 is 0. The minimum absolute atomic E-state index is 0.0318. The zero-order chi connectivity index (χ0) is 14.5. The van der Waals surface area contributed by atoms with E-state index >= 15 is 0 Å². The molecule has 2 aliphatic heterocycles. The highest BCUT2D eigenvalue weighted by Crippen LogP contribution is 2.23. The topological polar surface area (TPSA) is 70.1 Å². The highest BCUT2D eigenvalue weighted by atomic mass is 16.5. The number of ether oxygens (including phenoxy) is 1. The molecule has 2 aliphatic rings. The Kier molecular flexibility index (Phi) is 5.23. The first-order valence-corrected chi connectivity index (χ1v) is 7.50. The number of likely N-dealkylation sites (tertiary alicyclic amines) is 2. The van der Waals surface area contributed by atoms with E-state index in [-0.39, 0.29) is 18.7 Å². The molecule has 0 spiro atoms. The van der Waals surface area contributed by atoms with Crippen LogP contribution in [-0.2, 0) is 9.53 Å². The third-order valence-corrected chi connectivity index (χ3v) is 4.25. The summed E-state index contributed by atoms with van der Waals surface area (Å²) in [5.74, 6) is -0.939. The summed E-state index contributed by atoms with van der Waals surface area (Å²) in [7, 11) is 0. The molecule has 2 amide bonds. The van der Waals surface area contributed by atoms with Gasteiger partial charge in [0.1, 0.15) is 6.61 Å². The van der Waals surface area contributed by atoms with Gasteiger partial charge in [0, 0.05) is 25.7 Å². The van der Waals surface area contributed by atoms with Gasteiger partial charge in [0.05, 0.1) is 6.10 Å². The summed E-state index contributed by atoms with van der Waals surface area (Å²) in [6.07, 6.45) is 4.65. The molecule has 2 fully saturated rings. The van der Waals surface area contributed by atoms with Crippen LogP contribution < -0.4 is 0 Å². The number of aliphatic carboxylic acids is 1. The molecule has 6 heteroatoms. The van der Waals surface area contributed by atoms with Crippen molar-refractivity contribution in [2.75, 3.05) is 26.2 Å². The van der Waals surface area contributed by atoms with Gasteiger partial charge in [0.15, 0.2) is 0 Å². The van der Waals surface area contributed by atoms with Gasteiger partial charge < -0.3 is 19.6 Å². The average molecular weight is 284 g/mol. The van der Waals surface area contributed by atoms with Gasteiger partial charge in [-0.1, -0.05) is 6.92 Å². The average Bonchev–Trinajstić information content (AvgIpc) is 2.93. The molecule has 0 aromatic rings. The van der Waals surface area contributed by atoms with Crippen LogP contribution in [0.5, 0.6) is 0 Å². The molecule has 20 heavy (non-hydrogen) atoms. The molecule has 114 valence electrons. The first-order valence-electron chi connectivity index (χ1n) is 7.50. The molecule has 2 saturated heterocycles. The molecule has 2 heterocycles. The third-order valence-electron chi connectivity index (χ3n) is 4.25. The van der Waals surface area contributed by atoms with Crippen LogP contribution in [-0.4, -0.2) is 65.3 Å². The Hall–Kier alpha value is -1.30. The fraction of sp³-hybridized carbons (Fsp3) is 0.857. The second-order valence-electron chi connectivity index (χ2n) is 5.57. The van der Waals surface area contributed by atoms with E-state index in [1.807, 2.05) is 9.80 Å². The zero-order valence-electron chi connectivity index (χ0n) is 12.1. The standard InChI is InChI=1S/C14H24N2O4/c1-2-11-4-3-7-16(11)14(19)15-8-5-12(6-9-15)20-10-13(17)18/h11-12H,2-10H2,1H3,(H,17,18). The lowest BCUT2D eigenvalue weighted by molar-refractivity contribution is -0.145. The smallest absolute Gasteiger partial charge is 0.329 e. The number of urea groups is 1. The lowest BCUT2D eigenvalue weighted by atomic mass is 10.1. The Balaban J connectivity index is 1.78. The normalized spacial score (nSPS) is 24.1. The van der Waals surface area contributed by atoms with E-state index in [1.54, 1.807) is 0 Å². The van der Waals surface area contributed by atoms with Crippen LogP contribution >= 0.6 is 0 Å². The van der Waals surface area contributed by atoms with E-state index in [4.69, 9.17) is 9.84 Å². The number of hydrogen-bond acceptors (Lipinski definition) is 3. The number of carbonyl (C=O) groups is 2. The number of nitrogens with zero attached hydrogens (tertiary/aromatic N) is 2. The predicted molar refractivity (Wildman–Crippen MR) is 73.6 cm³/mol. The van der Waals surface area contributed by atoms with Gasteiger partial charge >= 0.3 is 12.0 Å². The van der Waals surface area contributed by atoms with Crippen LogP contribution in [0, 0.1) is 0 Å². The lowest BCUT2D eigenvalue weighted by Gasteiger charge is -2.36. The van der Waals surface area contributed by atoms with E-state index in [0.29, 0.717) is 19.1 Å². The van der Waals surface area contributed by atoms with Gasteiger partial charge in [-0.05, 0) is 32.1 Å². The maximum absolute atomic E-state index is 12.5. The lowest BCUT2D eigenvalue weighted by Crippen LogP contribution is -2.49. The van der Waals surface area contributed by atoms with Crippen molar-refractivity contribution in [3.05, 3.63) is 0 Å². The van der Waals surface area contributed by atoms with Crippen LogP contribution in [0.3, 0.4) is 0 Å². The zero-order valence-corrected chi connectivity index (χ0v) is 12.1. The van der Waals surface area contributed by atoms with E-state index in [9.17, 15) is 9.59 Å². The molecule has 0 aliphatic carbocycles. The Morgan fingerprint density at radius 2 is 1.90 bits per heavy atom. The molecule has 0 radical (unpaired) electrons. The molecule has 0 aromatic heterocycles. The maximum Gasteiger partial charge on any atom is 0.329 e. The van der Waals surface area contributed by atoms with Crippen molar-refractivity contribution in [1.29, 1.82) is 0 Å². The third kappa shape index (κ3) is 3.62. The Labute approximate surface area is 119 Å². The van der Waals surface area contributed by atoms with E-state index < -0.39 is 5.97 Å². The summed E-state index contributed by atoms with van der Waals surface area (Å²) in [4.78, 5) is 26.8. The molecule has 1 N–H and O–H groups in total. The number of amides is 2. The summed E-state index contributed by atoms with van der Waals surface area (Å²) in [6, 6.07) is 0.537. The second-order valence-corrected chi connectivity index (χ2v) is 5.57. The second kappa shape index (κ2) is 6.92. The van der Waals surface area contributed by atoms with Crippen LogP contribution in [0.1, 0.15) is 39.0 Å². The molecule has 0 bridgehead atoms. The molecular formula is C14H24N2O4. The van der Waals surface area contributed by atoms with Crippen molar-refractivity contribution in [2.24, 2.45) is 0 Å². The van der Waals surface area contributed by atoms with E-state index in [0.717, 1.165) is 38.6 Å². The number of hydrogen-bond donors (Lipinski definition) is 1. The maximum atomic E-state index is 12.5. The van der Waals surface area contributed by atoms with Crippen molar-refractivity contribution in [1.82, 2.24) is 9.80 Å². The summed E-state index contributed by atoms with van der Waals surface area (Å²) in [5.41, 5.74) is 0. The fourth-order valence-corrected chi connectivity index (χ4v) is 3.10. The monoisotopic (exact) mass is 284 g/mol. The molecule has 6 nitrogen and oxygen atoms in total. The molecule has 0 saturated carbocycles. The van der Waals surface area contributed by atoms with Crippen molar-refractivity contribution in [3.63, 3.8) is 0 Å². The summed E-state index contributed by atoms with van der Waals surface area (Å²) < 4.78 is 5.29. The minimum Gasteiger partial charge on any atom is -0.480 e. The molecular weight excluding hydrogens is 260 g/mol. The highest BCUT2D eigenvalue weighted by molar-refractivity contribution is 5.75. The molecule has 2 rings (SSSR count). The van der Waals surface area contributed by atoms with Crippen molar-refractivity contribution in [2.45, 2.75) is 51.2 Å². The Bertz CT molecular complexity index is 353. The SMILES string of the molecule is CCC1CCCN1C(=O)N1CCC(OCC(=O)O)CC1. The predicted octanol–water partition coefficient (Wildman–Crippen LogP) is 1.55. The number of carboxylic acid groups (broad SMARTS) is 1. The quantitative estimate of drug-likeness (QED) is 0.850. The van der Waals surface area contributed by atoms with Crippen LogP contribution in [0.15, 0.2) is 0 Å². The highest BCUT2D eigenvalue weighted by Gasteiger charge is 2.32. The molecule has 1 unspecified atom stereocenters. The number of carbonyl (C=O) groups excluding carboxylic acids is 1. The van der Waals surface area contributed by atoms with Crippen molar-refractivity contribution >= 4 is 12.0 Å². The van der Waals surface area contributed by atoms with Gasteiger partial charge in [-0.2, -0.15) is 0 Å². The van der Waals surface area contributed by atoms with Crippen molar-refractivity contribution in [3.8, 4) is 0 Å². The molecule has 0 aromatic carbocycles. The Morgan fingerprint density at radius 1 is 1.20 bits per heavy atom. The molecule has 1 atom stereocenters. The summed E-state index contributed by atoms with van der Waals surface area (Å²) in [5, 5.41) is 8.59. The van der Waals surface area contributed by atoms with Crippen molar-refractivity contribution < 1.29 is 19.4 Å².